The van der Waals surface area contributed by atoms with Crippen molar-refractivity contribution in [1.82, 2.24) is 14.8 Å². The molecule has 0 unspecified atom stereocenters. The summed E-state index contributed by atoms with van der Waals surface area (Å²) in [4.78, 5) is 10.8. The molecule has 0 saturated heterocycles. The summed E-state index contributed by atoms with van der Waals surface area (Å²) in [5.41, 5.74) is 0. The Bertz CT molecular complexity index is 338. The first-order chi connectivity index (χ1) is 7.15. The highest BCUT2D eigenvalue weighted by atomic mass is 32.2. The number of nitrogens with zero attached hydrogens (tertiary/aromatic N) is 3. The van der Waals surface area contributed by atoms with Gasteiger partial charge in [-0.15, -0.1) is 10.2 Å². The van der Waals surface area contributed by atoms with E-state index in [1.165, 1.54) is 7.11 Å². The molecule has 1 rings (SSSR count). The van der Waals surface area contributed by atoms with Gasteiger partial charge in [-0.3, -0.25) is 4.79 Å². The topological polar surface area (TPSA) is 57.0 Å². The first-order valence-corrected chi connectivity index (χ1v) is 5.69. The summed E-state index contributed by atoms with van der Waals surface area (Å²) in [5, 5.41) is 8.85. The number of carbonyl (C=O) groups excluding carboxylic acids is 1. The maximum atomic E-state index is 10.8. The van der Waals surface area contributed by atoms with E-state index in [1.54, 1.807) is 11.8 Å². The van der Waals surface area contributed by atoms with Crippen molar-refractivity contribution in [3.05, 3.63) is 5.82 Å². The van der Waals surface area contributed by atoms with Crippen molar-refractivity contribution in [2.75, 3.05) is 12.9 Å². The van der Waals surface area contributed by atoms with Crippen LogP contribution in [0.4, 0.5) is 0 Å². The van der Waals surface area contributed by atoms with Gasteiger partial charge in [0.1, 0.15) is 5.82 Å². The fourth-order valence-corrected chi connectivity index (χ4v) is 1.89. The fraction of sp³-hybridized carbons (Fsp3) is 0.667. The van der Waals surface area contributed by atoms with E-state index < -0.39 is 0 Å². The average molecular weight is 229 g/mol. The summed E-state index contributed by atoms with van der Waals surface area (Å²) in [5.74, 6) is 1.58. The first-order valence-electron chi connectivity index (χ1n) is 4.70. The van der Waals surface area contributed by atoms with Crippen LogP contribution < -0.4 is 0 Å². The molecule has 0 amide bonds. The maximum Gasteiger partial charge on any atom is 0.305 e. The summed E-state index contributed by atoms with van der Waals surface area (Å²) in [6, 6.07) is 0. The lowest BCUT2D eigenvalue weighted by molar-refractivity contribution is -0.140. The van der Waals surface area contributed by atoms with Crippen molar-refractivity contribution < 1.29 is 9.53 Å². The number of hydrogen-bond acceptors (Lipinski definition) is 5. The Hall–Kier alpha value is -1.04. The Labute approximate surface area is 93.2 Å². The van der Waals surface area contributed by atoms with Crippen LogP contribution >= 0.6 is 11.8 Å². The molecule has 0 aliphatic rings. The van der Waals surface area contributed by atoms with Gasteiger partial charge in [0.15, 0.2) is 5.16 Å². The molecule has 1 aromatic rings. The molecule has 84 valence electrons. The van der Waals surface area contributed by atoms with Gasteiger partial charge < -0.3 is 9.30 Å². The van der Waals surface area contributed by atoms with Gasteiger partial charge in [0.25, 0.3) is 0 Å². The number of aromatic nitrogens is 3. The molecule has 0 fully saturated rings. The Balaban J connectivity index is 2.26. The van der Waals surface area contributed by atoms with E-state index in [-0.39, 0.29) is 5.97 Å². The van der Waals surface area contributed by atoms with Crippen LogP contribution in [0.25, 0.3) is 0 Å². The molecule has 0 aliphatic carbocycles. The van der Waals surface area contributed by atoms with Gasteiger partial charge in [0, 0.05) is 19.2 Å². The van der Waals surface area contributed by atoms with Crippen molar-refractivity contribution in [2.45, 2.75) is 24.9 Å². The van der Waals surface area contributed by atoms with Gasteiger partial charge >= 0.3 is 5.97 Å². The molecule has 6 heteroatoms. The molecule has 0 aromatic carbocycles. The molecule has 5 nitrogen and oxygen atoms in total. The predicted molar refractivity (Wildman–Crippen MR) is 57.7 cm³/mol. The lowest BCUT2D eigenvalue weighted by Crippen LogP contribution is -2.00. The Morgan fingerprint density at radius 2 is 2.27 bits per heavy atom. The van der Waals surface area contributed by atoms with Crippen LogP contribution in [0.15, 0.2) is 5.16 Å². The molecule has 15 heavy (non-hydrogen) atoms. The lowest BCUT2D eigenvalue weighted by Gasteiger charge is -2.01. The van der Waals surface area contributed by atoms with E-state index in [4.69, 9.17) is 0 Å². The van der Waals surface area contributed by atoms with Crippen molar-refractivity contribution in [2.24, 2.45) is 7.05 Å². The van der Waals surface area contributed by atoms with Crippen LogP contribution in [-0.2, 0) is 16.6 Å². The zero-order chi connectivity index (χ0) is 11.3. The van der Waals surface area contributed by atoms with Gasteiger partial charge in [-0.05, 0) is 13.3 Å². The Morgan fingerprint density at radius 1 is 1.53 bits per heavy atom. The standard InChI is InChI=1S/C9H15N3O2S/c1-7-10-11-9(12(7)2)15-6-4-5-8(13)14-3/h4-6H2,1-3H3. The number of rotatable bonds is 5. The van der Waals surface area contributed by atoms with Crippen LogP contribution in [0.1, 0.15) is 18.7 Å². The van der Waals surface area contributed by atoms with E-state index in [0.717, 1.165) is 23.2 Å². The summed E-state index contributed by atoms with van der Waals surface area (Å²) < 4.78 is 6.48. The molecule has 0 saturated carbocycles. The van der Waals surface area contributed by atoms with E-state index in [2.05, 4.69) is 14.9 Å². The Morgan fingerprint density at radius 3 is 2.80 bits per heavy atom. The fourth-order valence-electron chi connectivity index (χ4n) is 0.995. The highest BCUT2D eigenvalue weighted by Crippen LogP contribution is 2.16. The van der Waals surface area contributed by atoms with Gasteiger partial charge in [0.2, 0.25) is 0 Å². The summed E-state index contributed by atoms with van der Waals surface area (Å²) in [6.45, 7) is 1.91. The number of esters is 1. The maximum absolute atomic E-state index is 10.8. The largest absolute Gasteiger partial charge is 0.469 e. The molecule has 1 aromatic heterocycles. The van der Waals surface area contributed by atoms with Crippen molar-refractivity contribution >= 4 is 17.7 Å². The van der Waals surface area contributed by atoms with Crippen molar-refractivity contribution in [3.63, 3.8) is 0 Å². The normalized spacial score (nSPS) is 10.3. The van der Waals surface area contributed by atoms with Gasteiger partial charge in [-0.25, -0.2) is 0 Å². The van der Waals surface area contributed by atoms with Crippen LogP contribution in [-0.4, -0.2) is 33.6 Å². The number of hydrogen-bond donors (Lipinski definition) is 0. The van der Waals surface area contributed by atoms with E-state index in [9.17, 15) is 4.79 Å². The quantitative estimate of drug-likeness (QED) is 0.431. The second-order valence-corrected chi connectivity index (χ2v) is 4.18. The number of aryl methyl sites for hydroxylation is 1. The molecule has 0 N–H and O–H groups in total. The van der Waals surface area contributed by atoms with Crippen LogP contribution in [0, 0.1) is 6.92 Å². The SMILES string of the molecule is COC(=O)CCCSc1nnc(C)n1C. The molecule has 0 spiro atoms. The van der Waals surface area contributed by atoms with Crippen LogP contribution in [0.3, 0.4) is 0 Å². The Kier molecular flexibility index (Phi) is 4.61. The zero-order valence-electron chi connectivity index (χ0n) is 9.19. The van der Waals surface area contributed by atoms with E-state index in [0.29, 0.717) is 6.42 Å². The van der Waals surface area contributed by atoms with E-state index >= 15 is 0 Å². The number of ether oxygens (including phenoxy) is 1. The third kappa shape index (κ3) is 3.54. The third-order valence-electron chi connectivity index (χ3n) is 2.04. The molecule has 0 atom stereocenters. The minimum atomic E-state index is -0.162. The van der Waals surface area contributed by atoms with Gasteiger partial charge in [-0.2, -0.15) is 0 Å². The number of carbonyl (C=O) groups is 1. The molecule has 0 aliphatic heterocycles. The van der Waals surface area contributed by atoms with Crippen molar-refractivity contribution in [1.29, 1.82) is 0 Å². The van der Waals surface area contributed by atoms with Gasteiger partial charge in [0.05, 0.1) is 7.11 Å². The minimum absolute atomic E-state index is 0.162. The smallest absolute Gasteiger partial charge is 0.305 e. The van der Waals surface area contributed by atoms with E-state index in [1.807, 2.05) is 18.5 Å². The molecule has 0 bridgehead atoms. The second-order valence-electron chi connectivity index (χ2n) is 3.12. The first kappa shape index (κ1) is 12.0. The lowest BCUT2D eigenvalue weighted by atomic mass is 10.3. The van der Waals surface area contributed by atoms with Gasteiger partial charge in [-0.1, -0.05) is 11.8 Å². The minimum Gasteiger partial charge on any atom is -0.469 e. The monoisotopic (exact) mass is 229 g/mol. The molecule has 0 radical (unpaired) electrons. The second kappa shape index (κ2) is 5.75. The molecular formula is C9H15N3O2S. The predicted octanol–water partition coefficient (Wildman–Crippen LogP) is 1.17. The number of thioether (sulfide) groups is 1. The highest BCUT2D eigenvalue weighted by Gasteiger charge is 2.05. The third-order valence-corrected chi connectivity index (χ3v) is 3.14. The highest BCUT2D eigenvalue weighted by molar-refractivity contribution is 7.99. The zero-order valence-corrected chi connectivity index (χ0v) is 10.0. The summed E-state index contributed by atoms with van der Waals surface area (Å²) in [6.07, 6.45) is 1.25. The van der Waals surface area contributed by atoms with Crippen LogP contribution in [0.2, 0.25) is 0 Å². The average Bonchev–Trinajstić information content (AvgIpc) is 2.55. The summed E-state index contributed by atoms with van der Waals surface area (Å²) in [7, 11) is 3.33. The molecule has 1 heterocycles. The molecular weight excluding hydrogens is 214 g/mol. The summed E-state index contributed by atoms with van der Waals surface area (Å²) >= 11 is 1.60. The van der Waals surface area contributed by atoms with Crippen LogP contribution in [0.5, 0.6) is 0 Å². The van der Waals surface area contributed by atoms with Crippen molar-refractivity contribution in [3.8, 4) is 0 Å². The number of methoxy groups -OCH3 is 1.